The zero-order valence-electron chi connectivity index (χ0n) is 9.69. The SMILES string of the molecule is CC(C)(CBr)CNC(=O)c1cc(F)cc(Br)c1. The maximum atomic E-state index is 13.1. The van der Waals surface area contributed by atoms with Crippen LogP contribution in [0.2, 0.25) is 0 Å². The molecule has 0 aromatic heterocycles. The molecular weight excluding hydrogens is 353 g/mol. The van der Waals surface area contributed by atoms with Crippen LogP contribution in [0.3, 0.4) is 0 Å². The van der Waals surface area contributed by atoms with Gasteiger partial charge < -0.3 is 5.32 Å². The van der Waals surface area contributed by atoms with Crippen LogP contribution in [0.15, 0.2) is 22.7 Å². The highest BCUT2D eigenvalue weighted by molar-refractivity contribution is 9.10. The molecule has 0 atom stereocenters. The van der Waals surface area contributed by atoms with Crippen LogP contribution >= 0.6 is 31.9 Å². The number of rotatable bonds is 4. The Labute approximate surface area is 117 Å². The molecule has 1 aromatic rings. The molecule has 0 heterocycles. The van der Waals surface area contributed by atoms with Crippen LogP contribution in [0.25, 0.3) is 0 Å². The molecule has 0 aliphatic heterocycles. The van der Waals surface area contributed by atoms with Gasteiger partial charge in [0.05, 0.1) is 0 Å². The maximum absolute atomic E-state index is 13.1. The lowest BCUT2D eigenvalue weighted by Gasteiger charge is -2.21. The molecule has 0 aliphatic carbocycles. The fraction of sp³-hybridized carbons (Fsp3) is 0.417. The van der Waals surface area contributed by atoms with Gasteiger partial charge in [-0.3, -0.25) is 4.79 Å². The molecule has 0 saturated heterocycles. The number of benzene rings is 1. The third-order valence-corrected chi connectivity index (χ3v) is 4.19. The molecule has 0 aliphatic rings. The number of nitrogens with one attached hydrogen (secondary N) is 1. The molecule has 0 unspecified atom stereocenters. The molecule has 0 saturated carbocycles. The van der Waals surface area contributed by atoms with Crippen molar-refractivity contribution in [3.8, 4) is 0 Å². The molecule has 2 nitrogen and oxygen atoms in total. The molecule has 0 bridgehead atoms. The van der Waals surface area contributed by atoms with Crippen LogP contribution < -0.4 is 5.32 Å². The van der Waals surface area contributed by atoms with E-state index in [1.54, 1.807) is 6.07 Å². The molecular formula is C12H14Br2FNO. The van der Waals surface area contributed by atoms with Gasteiger partial charge in [-0.15, -0.1) is 0 Å². The first-order chi connectivity index (χ1) is 7.84. The van der Waals surface area contributed by atoms with Crippen molar-refractivity contribution in [3.63, 3.8) is 0 Å². The smallest absolute Gasteiger partial charge is 0.251 e. The summed E-state index contributed by atoms with van der Waals surface area (Å²) >= 11 is 6.54. The Balaban J connectivity index is 2.70. The van der Waals surface area contributed by atoms with Crippen LogP contribution in [0.5, 0.6) is 0 Å². The Morgan fingerprint density at radius 3 is 2.59 bits per heavy atom. The van der Waals surface area contributed by atoms with Crippen LogP contribution in [0.4, 0.5) is 4.39 Å². The van der Waals surface area contributed by atoms with E-state index in [-0.39, 0.29) is 11.3 Å². The van der Waals surface area contributed by atoms with Crippen LogP contribution in [0, 0.1) is 11.2 Å². The standard InChI is InChI=1S/C12H14Br2FNO/c1-12(2,6-13)7-16-11(17)8-3-9(14)5-10(15)4-8/h3-5H,6-7H2,1-2H3,(H,16,17). The summed E-state index contributed by atoms with van der Waals surface area (Å²) in [4.78, 5) is 11.8. The van der Waals surface area contributed by atoms with E-state index in [0.29, 0.717) is 16.6 Å². The second kappa shape index (κ2) is 5.96. The van der Waals surface area contributed by atoms with E-state index in [1.807, 2.05) is 13.8 Å². The molecule has 94 valence electrons. The third kappa shape index (κ3) is 4.76. The minimum Gasteiger partial charge on any atom is -0.351 e. The van der Waals surface area contributed by atoms with E-state index in [9.17, 15) is 9.18 Å². The second-order valence-electron chi connectivity index (χ2n) is 4.64. The first-order valence-electron chi connectivity index (χ1n) is 5.14. The fourth-order valence-electron chi connectivity index (χ4n) is 1.15. The molecule has 0 spiro atoms. The van der Waals surface area contributed by atoms with Crippen molar-refractivity contribution >= 4 is 37.8 Å². The number of hydrogen-bond donors (Lipinski definition) is 1. The van der Waals surface area contributed by atoms with Crippen molar-refractivity contribution in [2.45, 2.75) is 13.8 Å². The van der Waals surface area contributed by atoms with Crippen LogP contribution in [-0.2, 0) is 0 Å². The van der Waals surface area contributed by atoms with Crippen molar-refractivity contribution < 1.29 is 9.18 Å². The molecule has 1 rings (SSSR count). The average Bonchev–Trinajstić information content (AvgIpc) is 2.24. The average molecular weight is 367 g/mol. The Morgan fingerprint density at radius 2 is 2.06 bits per heavy atom. The van der Waals surface area contributed by atoms with Crippen molar-refractivity contribution in [1.82, 2.24) is 5.32 Å². The summed E-state index contributed by atoms with van der Waals surface area (Å²) in [5.74, 6) is -0.691. The Kier molecular flexibility index (Phi) is 5.13. The van der Waals surface area contributed by atoms with E-state index in [1.165, 1.54) is 12.1 Å². The van der Waals surface area contributed by atoms with Gasteiger partial charge in [0.2, 0.25) is 0 Å². The molecule has 1 amide bonds. The highest BCUT2D eigenvalue weighted by Crippen LogP contribution is 2.18. The van der Waals surface area contributed by atoms with E-state index in [2.05, 4.69) is 37.2 Å². The number of carbonyl (C=O) groups is 1. The largest absolute Gasteiger partial charge is 0.351 e. The lowest BCUT2D eigenvalue weighted by Crippen LogP contribution is -2.34. The molecule has 1 aromatic carbocycles. The van der Waals surface area contributed by atoms with Gasteiger partial charge in [0, 0.05) is 21.9 Å². The maximum Gasteiger partial charge on any atom is 0.251 e. The van der Waals surface area contributed by atoms with Gasteiger partial charge in [0.15, 0.2) is 0 Å². The Hall–Kier alpha value is -0.420. The Bertz CT molecular complexity index is 401. The Morgan fingerprint density at radius 1 is 1.41 bits per heavy atom. The van der Waals surface area contributed by atoms with Crippen molar-refractivity contribution in [2.75, 3.05) is 11.9 Å². The van der Waals surface area contributed by atoms with Crippen molar-refractivity contribution in [3.05, 3.63) is 34.1 Å². The van der Waals surface area contributed by atoms with Crippen molar-refractivity contribution in [1.29, 1.82) is 0 Å². The highest BCUT2D eigenvalue weighted by atomic mass is 79.9. The van der Waals surface area contributed by atoms with E-state index in [4.69, 9.17) is 0 Å². The minimum absolute atomic E-state index is 0.0276. The van der Waals surface area contributed by atoms with Crippen LogP contribution in [0.1, 0.15) is 24.2 Å². The highest BCUT2D eigenvalue weighted by Gasteiger charge is 2.18. The van der Waals surface area contributed by atoms with E-state index in [0.717, 1.165) is 5.33 Å². The summed E-state index contributed by atoms with van der Waals surface area (Å²) in [7, 11) is 0. The predicted molar refractivity (Wildman–Crippen MR) is 74.0 cm³/mol. The first kappa shape index (κ1) is 14.6. The van der Waals surface area contributed by atoms with Gasteiger partial charge in [-0.2, -0.15) is 0 Å². The first-order valence-corrected chi connectivity index (χ1v) is 7.06. The van der Waals surface area contributed by atoms with Gasteiger partial charge in [0.1, 0.15) is 5.82 Å². The van der Waals surface area contributed by atoms with Gasteiger partial charge in [-0.05, 0) is 23.6 Å². The molecule has 1 N–H and O–H groups in total. The second-order valence-corrected chi connectivity index (χ2v) is 6.12. The van der Waals surface area contributed by atoms with Crippen LogP contribution in [-0.4, -0.2) is 17.8 Å². The van der Waals surface area contributed by atoms with Crippen molar-refractivity contribution in [2.24, 2.45) is 5.41 Å². The number of alkyl halides is 1. The van der Waals surface area contributed by atoms with Gasteiger partial charge >= 0.3 is 0 Å². The fourth-order valence-corrected chi connectivity index (χ4v) is 1.82. The number of amides is 1. The summed E-state index contributed by atoms with van der Waals surface area (Å²) in [5, 5.41) is 3.57. The quantitative estimate of drug-likeness (QED) is 0.808. The van der Waals surface area contributed by atoms with Gasteiger partial charge in [-0.25, -0.2) is 4.39 Å². The minimum atomic E-state index is -0.427. The zero-order chi connectivity index (χ0) is 13.1. The van der Waals surface area contributed by atoms with E-state index >= 15 is 0 Å². The molecule has 17 heavy (non-hydrogen) atoms. The number of halogens is 3. The normalized spacial score (nSPS) is 11.4. The number of hydrogen-bond acceptors (Lipinski definition) is 1. The monoisotopic (exact) mass is 365 g/mol. The predicted octanol–water partition coefficient (Wildman–Crippen LogP) is 3.74. The summed E-state index contributed by atoms with van der Waals surface area (Å²) in [6, 6.07) is 4.14. The summed E-state index contributed by atoms with van der Waals surface area (Å²) < 4.78 is 13.7. The van der Waals surface area contributed by atoms with Gasteiger partial charge in [0.25, 0.3) is 5.91 Å². The lowest BCUT2D eigenvalue weighted by atomic mass is 9.97. The summed E-state index contributed by atoms with van der Waals surface area (Å²) in [6.07, 6.45) is 0. The third-order valence-electron chi connectivity index (χ3n) is 2.21. The zero-order valence-corrected chi connectivity index (χ0v) is 12.9. The summed E-state index contributed by atoms with van der Waals surface area (Å²) in [6.45, 7) is 4.60. The number of carbonyl (C=O) groups excluding carboxylic acids is 1. The molecule has 0 radical (unpaired) electrons. The molecule has 0 fully saturated rings. The van der Waals surface area contributed by atoms with E-state index < -0.39 is 5.82 Å². The lowest BCUT2D eigenvalue weighted by molar-refractivity contribution is 0.0939. The molecule has 5 heteroatoms. The summed E-state index contributed by atoms with van der Waals surface area (Å²) in [5.41, 5.74) is 0.294. The topological polar surface area (TPSA) is 29.1 Å². The van der Waals surface area contributed by atoms with Gasteiger partial charge in [-0.1, -0.05) is 45.7 Å².